The van der Waals surface area contributed by atoms with Crippen LogP contribution in [0.4, 0.5) is 0 Å². The first-order valence-electron chi connectivity index (χ1n) is 7.32. The van der Waals surface area contributed by atoms with Crippen molar-refractivity contribution in [3.05, 3.63) is 65.2 Å². The van der Waals surface area contributed by atoms with Crippen molar-refractivity contribution in [2.24, 2.45) is 5.10 Å². The molecule has 0 radical (unpaired) electrons. The van der Waals surface area contributed by atoms with Gasteiger partial charge in [0.15, 0.2) is 0 Å². The Morgan fingerprint density at radius 2 is 1.91 bits per heavy atom. The van der Waals surface area contributed by atoms with E-state index in [1.165, 1.54) is 0 Å². The highest BCUT2D eigenvalue weighted by Crippen LogP contribution is 2.11. The lowest BCUT2D eigenvalue weighted by Crippen LogP contribution is -2.18. The molecule has 4 nitrogen and oxygen atoms in total. The average Bonchev–Trinajstić information content (AvgIpc) is 2.54. The minimum absolute atomic E-state index is 0.211. The molecule has 0 aliphatic rings. The van der Waals surface area contributed by atoms with E-state index in [0.29, 0.717) is 12.2 Å². The van der Waals surface area contributed by atoms with E-state index in [4.69, 9.17) is 4.74 Å². The topological polar surface area (TPSA) is 50.7 Å². The number of hydrogen-bond acceptors (Lipinski definition) is 3. The van der Waals surface area contributed by atoms with E-state index in [2.05, 4.69) is 17.5 Å². The lowest BCUT2D eigenvalue weighted by Gasteiger charge is -2.04. The Morgan fingerprint density at radius 3 is 2.59 bits per heavy atom. The van der Waals surface area contributed by atoms with Crippen molar-refractivity contribution in [3.8, 4) is 5.75 Å². The molecule has 2 rings (SSSR count). The zero-order valence-corrected chi connectivity index (χ0v) is 12.9. The number of hydrazone groups is 1. The van der Waals surface area contributed by atoms with Crippen LogP contribution in [0.1, 0.15) is 34.8 Å². The van der Waals surface area contributed by atoms with Gasteiger partial charge in [-0.25, -0.2) is 5.43 Å². The second-order valence-electron chi connectivity index (χ2n) is 4.93. The summed E-state index contributed by atoms with van der Waals surface area (Å²) >= 11 is 0. The van der Waals surface area contributed by atoms with Gasteiger partial charge in [0.05, 0.1) is 12.8 Å². The summed E-state index contributed by atoms with van der Waals surface area (Å²) in [7, 11) is 0. The molecule has 22 heavy (non-hydrogen) atoms. The predicted octanol–water partition coefficient (Wildman–Crippen LogP) is 3.55. The third kappa shape index (κ3) is 4.45. The number of nitrogens with one attached hydrogen (secondary N) is 1. The van der Waals surface area contributed by atoms with Crippen molar-refractivity contribution in [3.63, 3.8) is 0 Å². The summed E-state index contributed by atoms with van der Waals surface area (Å²) in [6, 6.07) is 15.0. The van der Waals surface area contributed by atoms with Crippen molar-refractivity contribution >= 4 is 12.1 Å². The van der Waals surface area contributed by atoms with Crippen LogP contribution in [0.2, 0.25) is 0 Å². The molecular formula is C18H20N2O2. The molecule has 1 amide bonds. The minimum atomic E-state index is -0.211. The highest BCUT2D eigenvalue weighted by molar-refractivity contribution is 5.96. The largest absolute Gasteiger partial charge is 0.494 e. The molecule has 0 saturated heterocycles. The molecule has 1 N–H and O–H groups in total. The van der Waals surface area contributed by atoms with Crippen LogP contribution in [-0.2, 0) is 0 Å². The van der Waals surface area contributed by atoms with Crippen molar-refractivity contribution in [2.75, 3.05) is 6.61 Å². The Morgan fingerprint density at radius 1 is 1.18 bits per heavy atom. The van der Waals surface area contributed by atoms with Gasteiger partial charge in [-0.3, -0.25) is 4.79 Å². The van der Waals surface area contributed by atoms with Gasteiger partial charge >= 0.3 is 0 Å². The van der Waals surface area contributed by atoms with Gasteiger partial charge in [0.25, 0.3) is 5.91 Å². The van der Waals surface area contributed by atoms with Gasteiger partial charge in [0.1, 0.15) is 5.75 Å². The SMILES string of the molecule is CCCOc1ccc(/C=N/NC(=O)c2ccccc2C)cc1. The molecule has 2 aromatic rings. The lowest BCUT2D eigenvalue weighted by molar-refractivity contribution is 0.0954. The molecule has 4 heteroatoms. The summed E-state index contributed by atoms with van der Waals surface area (Å²) in [5.74, 6) is 0.625. The zero-order chi connectivity index (χ0) is 15.8. The number of carbonyl (C=O) groups excluding carboxylic acids is 1. The fourth-order valence-corrected chi connectivity index (χ4v) is 1.92. The molecule has 0 aliphatic heterocycles. The number of carbonyl (C=O) groups is 1. The standard InChI is InChI=1S/C18H20N2O2/c1-3-12-22-16-10-8-15(9-11-16)13-19-20-18(21)17-7-5-4-6-14(17)2/h4-11,13H,3,12H2,1-2H3,(H,20,21)/b19-13+. The number of ether oxygens (including phenoxy) is 1. The highest BCUT2D eigenvalue weighted by Gasteiger charge is 2.05. The third-order valence-electron chi connectivity index (χ3n) is 3.12. The number of hydrogen-bond donors (Lipinski definition) is 1. The van der Waals surface area contributed by atoms with E-state index in [1.54, 1.807) is 12.3 Å². The number of nitrogens with zero attached hydrogens (tertiary/aromatic N) is 1. The van der Waals surface area contributed by atoms with Crippen molar-refractivity contribution in [1.29, 1.82) is 0 Å². The molecule has 0 atom stereocenters. The average molecular weight is 296 g/mol. The third-order valence-corrected chi connectivity index (χ3v) is 3.12. The van der Waals surface area contributed by atoms with Gasteiger partial charge in [-0.05, 0) is 54.8 Å². The van der Waals surface area contributed by atoms with Crippen LogP contribution in [0.15, 0.2) is 53.6 Å². The van der Waals surface area contributed by atoms with Crippen LogP contribution in [0.5, 0.6) is 5.75 Å². The zero-order valence-electron chi connectivity index (χ0n) is 12.9. The second kappa shape index (κ2) is 7.98. The van der Waals surface area contributed by atoms with E-state index in [9.17, 15) is 4.79 Å². The van der Waals surface area contributed by atoms with Gasteiger partial charge in [-0.2, -0.15) is 5.10 Å². The van der Waals surface area contributed by atoms with Gasteiger partial charge in [-0.1, -0.05) is 25.1 Å². The van der Waals surface area contributed by atoms with Gasteiger partial charge in [0.2, 0.25) is 0 Å². The van der Waals surface area contributed by atoms with Crippen LogP contribution >= 0.6 is 0 Å². The Labute approximate surface area is 130 Å². The number of amides is 1. The number of benzene rings is 2. The fraction of sp³-hybridized carbons (Fsp3) is 0.222. The molecule has 0 fully saturated rings. The second-order valence-corrected chi connectivity index (χ2v) is 4.93. The minimum Gasteiger partial charge on any atom is -0.494 e. The first-order valence-corrected chi connectivity index (χ1v) is 7.32. The van der Waals surface area contributed by atoms with Gasteiger partial charge in [-0.15, -0.1) is 0 Å². The van der Waals surface area contributed by atoms with Crippen LogP contribution in [0.25, 0.3) is 0 Å². The maximum absolute atomic E-state index is 12.0. The van der Waals surface area contributed by atoms with Crippen LogP contribution in [0, 0.1) is 6.92 Å². The van der Waals surface area contributed by atoms with Crippen molar-refractivity contribution < 1.29 is 9.53 Å². The molecule has 114 valence electrons. The van der Waals surface area contributed by atoms with Crippen molar-refractivity contribution in [2.45, 2.75) is 20.3 Å². The number of rotatable bonds is 6. The summed E-state index contributed by atoms with van der Waals surface area (Å²) in [4.78, 5) is 12.0. The highest BCUT2D eigenvalue weighted by atomic mass is 16.5. The Balaban J connectivity index is 1.92. The fourth-order valence-electron chi connectivity index (χ4n) is 1.92. The molecule has 0 aliphatic carbocycles. The molecule has 2 aromatic carbocycles. The van der Waals surface area contributed by atoms with E-state index in [-0.39, 0.29) is 5.91 Å². The molecule has 0 unspecified atom stereocenters. The first-order chi connectivity index (χ1) is 10.7. The molecule has 0 bridgehead atoms. The Kier molecular flexibility index (Phi) is 5.72. The van der Waals surface area contributed by atoms with Crippen LogP contribution < -0.4 is 10.2 Å². The Bertz CT molecular complexity index is 648. The van der Waals surface area contributed by atoms with Crippen LogP contribution in [0.3, 0.4) is 0 Å². The quantitative estimate of drug-likeness (QED) is 0.654. The normalized spacial score (nSPS) is 10.6. The predicted molar refractivity (Wildman–Crippen MR) is 88.5 cm³/mol. The van der Waals surface area contributed by atoms with E-state index >= 15 is 0 Å². The molecule has 0 spiro atoms. The van der Waals surface area contributed by atoms with E-state index in [0.717, 1.165) is 23.3 Å². The summed E-state index contributed by atoms with van der Waals surface area (Å²) in [5, 5.41) is 3.99. The smallest absolute Gasteiger partial charge is 0.271 e. The molecule has 0 heterocycles. The summed E-state index contributed by atoms with van der Waals surface area (Å²) in [6.07, 6.45) is 2.59. The number of aryl methyl sites for hydroxylation is 1. The maximum atomic E-state index is 12.0. The van der Waals surface area contributed by atoms with E-state index < -0.39 is 0 Å². The van der Waals surface area contributed by atoms with Gasteiger partial charge in [0, 0.05) is 5.56 Å². The molecule has 0 saturated carbocycles. The molecule has 0 aromatic heterocycles. The summed E-state index contributed by atoms with van der Waals surface area (Å²) in [5.41, 5.74) is 4.99. The Hall–Kier alpha value is -2.62. The maximum Gasteiger partial charge on any atom is 0.271 e. The molecular weight excluding hydrogens is 276 g/mol. The summed E-state index contributed by atoms with van der Waals surface area (Å²) < 4.78 is 5.51. The van der Waals surface area contributed by atoms with E-state index in [1.807, 2.05) is 49.4 Å². The first kappa shape index (κ1) is 15.8. The lowest BCUT2D eigenvalue weighted by atomic mass is 10.1. The summed E-state index contributed by atoms with van der Waals surface area (Å²) in [6.45, 7) is 4.67. The monoisotopic (exact) mass is 296 g/mol. The van der Waals surface area contributed by atoms with Crippen LogP contribution in [-0.4, -0.2) is 18.7 Å². The van der Waals surface area contributed by atoms with Gasteiger partial charge < -0.3 is 4.74 Å². The van der Waals surface area contributed by atoms with Crippen molar-refractivity contribution in [1.82, 2.24) is 5.43 Å².